The second kappa shape index (κ2) is 12.3. The lowest BCUT2D eigenvalue weighted by Crippen LogP contribution is -2.54. The van der Waals surface area contributed by atoms with Gasteiger partial charge in [0.15, 0.2) is 0 Å². The zero-order chi connectivity index (χ0) is 22.6. The third-order valence-electron chi connectivity index (χ3n) is 4.51. The molecule has 0 aromatic heterocycles. The molecule has 31 heavy (non-hydrogen) atoms. The first-order valence-electron chi connectivity index (χ1n) is 9.88. The van der Waals surface area contributed by atoms with E-state index in [2.05, 4.69) is 5.32 Å². The van der Waals surface area contributed by atoms with E-state index in [4.69, 9.17) is 16.3 Å². The van der Waals surface area contributed by atoms with Gasteiger partial charge >= 0.3 is 6.09 Å². The second-order valence-electron chi connectivity index (χ2n) is 7.10. The Labute approximate surface area is 180 Å². The van der Waals surface area contributed by atoms with E-state index in [0.29, 0.717) is 12.8 Å². The number of amides is 3. The Kier molecular flexibility index (Phi) is 9.47. The van der Waals surface area contributed by atoms with Gasteiger partial charge in [-0.2, -0.15) is 0 Å². The molecule has 0 radical (unpaired) electrons. The van der Waals surface area contributed by atoms with Crippen LogP contribution in [0.25, 0.3) is 0 Å². The topological polar surface area (TPSA) is 148 Å². The number of carbonyl (C=O) groups excluding carboxylic acids is 3. The predicted octanol–water partition coefficient (Wildman–Crippen LogP) is 0.853. The fraction of sp³-hybridized carbons (Fsp3) is 0.318. The number of rotatable bonds is 11. The maximum Gasteiger partial charge on any atom is 0.408 e. The molecular weight excluding hydrogens is 400 g/mol. The standard InChI is InChI=1S/C22H28N4O5/c23-20(28)13-19(25-22(30)31-15-17-9-5-2-6-10-17)21(29)26(24)14-18(27)12-11-16-7-3-1-4-8-16/h1-10,18-19,27H,11-15,24H2,(H2,23,28)(H,25,30)/t18-,19+/m1/s1. The van der Waals surface area contributed by atoms with Gasteiger partial charge in [0.25, 0.3) is 5.91 Å². The van der Waals surface area contributed by atoms with Crippen LogP contribution in [0.5, 0.6) is 0 Å². The summed E-state index contributed by atoms with van der Waals surface area (Å²) in [6.07, 6.45) is -1.22. The third-order valence-corrected chi connectivity index (χ3v) is 4.51. The predicted molar refractivity (Wildman–Crippen MR) is 114 cm³/mol. The number of aliphatic hydroxyl groups is 1. The molecule has 0 unspecified atom stereocenters. The molecule has 9 heteroatoms. The van der Waals surface area contributed by atoms with Gasteiger partial charge in [-0.3, -0.25) is 14.6 Å². The largest absolute Gasteiger partial charge is 0.445 e. The molecule has 2 atom stereocenters. The summed E-state index contributed by atoms with van der Waals surface area (Å²) < 4.78 is 5.08. The summed E-state index contributed by atoms with van der Waals surface area (Å²) in [5.41, 5.74) is 7.00. The third kappa shape index (κ3) is 8.85. The lowest BCUT2D eigenvalue weighted by molar-refractivity contribution is -0.137. The summed E-state index contributed by atoms with van der Waals surface area (Å²) in [4.78, 5) is 36.0. The Morgan fingerprint density at radius 1 is 1.00 bits per heavy atom. The molecule has 0 fully saturated rings. The highest BCUT2D eigenvalue weighted by molar-refractivity contribution is 5.90. The van der Waals surface area contributed by atoms with Crippen molar-refractivity contribution in [3.05, 3.63) is 71.8 Å². The van der Waals surface area contributed by atoms with Gasteiger partial charge in [-0.25, -0.2) is 10.6 Å². The molecule has 0 spiro atoms. The lowest BCUT2D eigenvalue weighted by Gasteiger charge is -2.25. The van der Waals surface area contributed by atoms with Gasteiger partial charge in [-0.1, -0.05) is 60.7 Å². The summed E-state index contributed by atoms with van der Waals surface area (Å²) in [7, 11) is 0. The van der Waals surface area contributed by atoms with Gasteiger partial charge in [0.05, 0.1) is 19.1 Å². The van der Waals surface area contributed by atoms with Crippen LogP contribution in [-0.2, 0) is 27.4 Å². The van der Waals surface area contributed by atoms with Gasteiger partial charge in [-0.15, -0.1) is 0 Å². The number of carbonyl (C=O) groups is 3. The van der Waals surface area contributed by atoms with Crippen molar-refractivity contribution in [2.24, 2.45) is 11.6 Å². The molecule has 0 aliphatic carbocycles. The summed E-state index contributed by atoms with van der Waals surface area (Å²) in [5, 5.41) is 13.3. The molecule has 9 nitrogen and oxygen atoms in total. The number of alkyl carbamates (subject to hydrolysis) is 1. The minimum atomic E-state index is -1.30. The first-order chi connectivity index (χ1) is 14.8. The van der Waals surface area contributed by atoms with Crippen molar-refractivity contribution >= 4 is 17.9 Å². The molecule has 6 N–H and O–H groups in total. The smallest absolute Gasteiger partial charge is 0.408 e. The molecule has 0 saturated heterocycles. The number of hydrogen-bond acceptors (Lipinski definition) is 6. The number of aliphatic hydroxyl groups excluding tert-OH is 1. The highest BCUT2D eigenvalue weighted by Crippen LogP contribution is 2.07. The van der Waals surface area contributed by atoms with Crippen LogP contribution in [0.4, 0.5) is 4.79 Å². The van der Waals surface area contributed by atoms with E-state index in [1.165, 1.54) is 0 Å². The fourth-order valence-electron chi connectivity index (χ4n) is 2.89. The molecule has 3 amide bonds. The van der Waals surface area contributed by atoms with E-state index in [1.807, 2.05) is 36.4 Å². The Bertz CT molecular complexity index is 847. The van der Waals surface area contributed by atoms with E-state index < -0.39 is 36.5 Å². The maximum atomic E-state index is 12.6. The zero-order valence-corrected chi connectivity index (χ0v) is 17.1. The summed E-state index contributed by atoms with van der Waals surface area (Å²) in [5.74, 6) is 4.24. The molecule has 2 aromatic carbocycles. The van der Waals surface area contributed by atoms with Crippen LogP contribution in [0.2, 0.25) is 0 Å². The molecule has 0 bridgehead atoms. The van der Waals surface area contributed by atoms with E-state index in [-0.39, 0.29) is 13.2 Å². The van der Waals surface area contributed by atoms with Crippen molar-refractivity contribution in [3.63, 3.8) is 0 Å². The Hall–Kier alpha value is -3.43. The SMILES string of the molecule is NC(=O)C[C@H](NC(=O)OCc1ccccc1)C(=O)N(N)C[C@H](O)CCc1ccccc1. The number of primary amides is 1. The average molecular weight is 428 g/mol. The molecule has 2 aromatic rings. The van der Waals surface area contributed by atoms with Gasteiger partial charge in [0, 0.05) is 0 Å². The van der Waals surface area contributed by atoms with E-state index in [1.54, 1.807) is 24.3 Å². The van der Waals surface area contributed by atoms with E-state index in [0.717, 1.165) is 16.1 Å². The molecule has 0 heterocycles. The number of hydrazine groups is 1. The Balaban J connectivity index is 1.86. The van der Waals surface area contributed by atoms with Crippen LogP contribution < -0.4 is 16.9 Å². The first kappa shape index (κ1) is 23.8. The lowest BCUT2D eigenvalue weighted by atomic mass is 10.1. The summed E-state index contributed by atoms with van der Waals surface area (Å²) in [6, 6.07) is 17.2. The van der Waals surface area contributed by atoms with Crippen molar-refractivity contribution in [1.82, 2.24) is 10.3 Å². The van der Waals surface area contributed by atoms with Gasteiger partial charge in [0.1, 0.15) is 12.6 Å². The molecule has 0 aliphatic heterocycles. The summed E-state index contributed by atoms with van der Waals surface area (Å²) >= 11 is 0. The van der Waals surface area contributed by atoms with Crippen LogP contribution in [0, 0.1) is 0 Å². The van der Waals surface area contributed by atoms with E-state index in [9.17, 15) is 19.5 Å². The van der Waals surface area contributed by atoms with Gasteiger partial charge < -0.3 is 20.9 Å². The van der Waals surface area contributed by atoms with Gasteiger partial charge in [0.2, 0.25) is 5.91 Å². The quantitative estimate of drug-likeness (QED) is 0.237. The number of nitrogens with zero attached hydrogens (tertiary/aromatic N) is 1. The monoisotopic (exact) mass is 428 g/mol. The van der Waals surface area contributed by atoms with Crippen LogP contribution in [-0.4, -0.2) is 46.7 Å². The van der Waals surface area contributed by atoms with Crippen molar-refractivity contribution in [2.45, 2.75) is 38.0 Å². The normalized spacial score (nSPS) is 12.5. The van der Waals surface area contributed by atoms with Crippen molar-refractivity contribution < 1.29 is 24.2 Å². The highest BCUT2D eigenvalue weighted by Gasteiger charge is 2.28. The highest BCUT2D eigenvalue weighted by atomic mass is 16.5. The summed E-state index contributed by atoms with van der Waals surface area (Å²) in [6.45, 7) is -0.170. The number of ether oxygens (including phenoxy) is 1. The van der Waals surface area contributed by atoms with Crippen LogP contribution in [0.3, 0.4) is 0 Å². The minimum absolute atomic E-state index is 0.00526. The number of benzene rings is 2. The Morgan fingerprint density at radius 3 is 2.16 bits per heavy atom. The number of hydrogen-bond donors (Lipinski definition) is 4. The van der Waals surface area contributed by atoms with Gasteiger partial charge in [-0.05, 0) is 24.0 Å². The molecule has 0 saturated carbocycles. The Morgan fingerprint density at radius 2 is 1.58 bits per heavy atom. The fourth-order valence-corrected chi connectivity index (χ4v) is 2.89. The number of nitrogens with two attached hydrogens (primary N) is 2. The van der Waals surface area contributed by atoms with Crippen molar-refractivity contribution in [1.29, 1.82) is 0 Å². The average Bonchev–Trinajstić information content (AvgIpc) is 2.76. The van der Waals surface area contributed by atoms with E-state index >= 15 is 0 Å². The molecule has 166 valence electrons. The second-order valence-corrected chi connectivity index (χ2v) is 7.10. The van der Waals surface area contributed by atoms with Crippen LogP contribution in [0.15, 0.2) is 60.7 Å². The molecule has 2 rings (SSSR count). The first-order valence-corrected chi connectivity index (χ1v) is 9.88. The minimum Gasteiger partial charge on any atom is -0.445 e. The number of nitrogens with one attached hydrogen (secondary N) is 1. The molecule has 0 aliphatic rings. The molecular formula is C22H28N4O5. The van der Waals surface area contributed by atoms with Crippen LogP contribution in [0.1, 0.15) is 24.0 Å². The maximum absolute atomic E-state index is 12.6. The zero-order valence-electron chi connectivity index (χ0n) is 17.1. The van der Waals surface area contributed by atoms with Crippen molar-refractivity contribution in [2.75, 3.05) is 6.54 Å². The van der Waals surface area contributed by atoms with Crippen LogP contribution >= 0.6 is 0 Å². The van der Waals surface area contributed by atoms with Crippen molar-refractivity contribution in [3.8, 4) is 0 Å². The number of aryl methyl sites for hydroxylation is 1.